The highest BCUT2D eigenvalue weighted by atomic mass is 16.2. The smallest absolute Gasteiger partial charge is 0.241 e. The van der Waals surface area contributed by atoms with Crippen molar-refractivity contribution in [2.45, 2.75) is 40.2 Å². The van der Waals surface area contributed by atoms with Crippen LogP contribution in [-0.4, -0.2) is 42.4 Å². The summed E-state index contributed by atoms with van der Waals surface area (Å²) in [6.07, 6.45) is 1.01. The number of likely N-dealkylation sites (tertiary alicyclic amines) is 1. The summed E-state index contributed by atoms with van der Waals surface area (Å²) >= 11 is 0. The monoisotopic (exact) mass is 255 g/mol. The number of nitrogens with two attached hydrogens (primary N) is 1. The molecule has 5 nitrogen and oxygen atoms in total. The molecular weight excluding hydrogens is 230 g/mol. The summed E-state index contributed by atoms with van der Waals surface area (Å²) in [4.78, 5) is 25.3. The van der Waals surface area contributed by atoms with Crippen LogP contribution in [0.3, 0.4) is 0 Å². The number of rotatable bonds is 4. The number of nitrogens with zero attached hydrogens (tertiary/aromatic N) is 1. The van der Waals surface area contributed by atoms with E-state index in [4.69, 9.17) is 5.73 Å². The van der Waals surface area contributed by atoms with Gasteiger partial charge in [0.25, 0.3) is 0 Å². The topological polar surface area (TPSA) is 75.4 Å². The summed E-state index contributed by atoms with van der Waals surface area (Å²) in [6.45, 7) is 9.65. The van der Waals surface area contributed by atoms with Gasteiger partial charge in [-0.2, -0.15) is 0 Å². The van der Waals surface area contributed by atoms with Crippen LogP contribution in [0.25, 0.3) is 0 Å². The minimum Gasteiger partial charge on any atom is -0.346 e. The predicted molar refractivity (Wildman–Crippen MR) is 70.8 cm³/mol. The molecule has 2 amide bonds. The molecule has 3 N–H and O–H groups in total. The van der Waals surface area contributed by atoms with Gasteiger partial charge >= 0.3 is 0 Å². The molecule has 1 rings (SSSR count). The number of carbonyl (C=O) groups is 2. The molecule has 1 atom stereocenters. The highest BCUT2D eigenvalue weighted by Crippen LogP contribution is 2.28. The van der Waals surface area contributed by atoms with E-state index in [0.717, 1.165) is 19.5 Å². The second kappa shape index (κ2) is 5.69. The van der Waals surface area contributed by atoms with Gasteiger partial charge in [0.2, 0.25) is 11.8 Å². The minimum absolute atomic E-state index is 0.0233. The highest BCUT2D eigenvalue weighted by Gasteiger charge is 2.32. The molecule has 1 aliphatic heterocycles. The first-order valence-electron chi connectivity index (χ1n) is 6.54. The molecule has 18 heavy (non-hydrogen) atoms. The third kappa shape index (κ3) is 3.98. The van der Waals surface area contributed by atoms with Crippen molar-refractivity contribution in [1.29, 1.82) is 0 Å². The standard InChI is InChI=1S/C13H25N3O2/c1-9(2)11(14)12(18)15-7-10(17)16-6-5-13(3,4)8-16/h9,11H,5-8,14H2,1-4H3,(H,15,18)/t11-/m0/s1. The highest BCUT2D eigenvalue weighted by molar-refractivity contribution is 5.87. The zero-order chi connectivity index (χ0) is 13.9. The Kier molecular flexibility index (Phi) is 4.73. The number of hydrogen-bond donors (Lipinski definition) is 2. The Bertz CT molecular complexity index is 326. The molecule has 0 aromatic heterocycles. The van der Waals surface area contributed by atoms with Crippen molar-refractivity contribution >= 4 is 11.8 Å². The van der Waals surface area contributed by atoms with Crippen molar-refractivity contribution in [2.75, 3.05) is 19.6 Å². The lowest BCUT2D eigenvalue weighted by atomic mass is 9.93. The lowest BCUT2D eigenvalue weighted by molar-refractivity contribution is -0.132. The maximum absolute atomic E-state index is 11.9. The molecule has 0 spiro atoms. The average Bonchev–Trinajstić information content (AvgIpc) is 2.64. The van der Waals surface area contributed by atoms with Gasteiger partial charge < -0.3 is 16.0 Å². The van der Waals surface area contributed by atoms with Gasteiger partial charge in [0.05, 0.1) is 12.6 Å². The molecule has 0 radical (unpaired) electrons. The van der Waals surface area contributed by atoms with Crippen molar-refractivity contribution in [1.82, 2.24) is 10.2 Å². The fourth-order valence-electron chi connectivity index (χ4n) is 2.02. The Labute approximate surface area is 109 Å². The Hall–Kier alpha value is -1.10. The van der Waals surface area contributed by atoms with Crippen LogP contribution < -0.4 is 11.1 Å². The van der Waals surface area contributed by atoms with E-state index in [1.54, 1.807) is 4.90 Å². The van der Waals surface area contributed by atoms with Crippen molar-refractivity contribution in [3.05, 3.63) is 0 Å². The Morgan fingerprint density at radius 3 is 2.44 bits per heavy atom. The summed E-state index contributed by atoms with van der Waals surface area (Å²) < 4.78 is 0. The summed E-state index contributed by atoms with van der Waals surface area (Å²) in [5.74, 6) is -0.201. The maximum Gasteiger partial charge on any atom is 0.241 e. The second-order valence-electron chi connectivity index (χ2n) is 6.22. The van der Waals surface area contributed by atoms with E-state index in [-0.39, 0.29) is 29.7 Å². The van der Waals surface area contributed by atoms with E-state index in [1.807, 2.05) is 13.8 Å². The number of hydrogen-bond acceptors (Lipinski definition) is 3. The van der Waals surface area contributed by atoms with Gasteiger partial charge in [0.1, 0.15) is 0 Å². The molecule has 0 bridgehead atoms. The third-order valence-electron chi connectivity index (χ3n) is 3.46. The van der Waals surface area contributed by atoms with Crippen LogP contribution in [0.2, 0.25) is 0 Å². The zero-order valence-corrected chi connectivity index (χ0v) is 11.8. The van der Waals surface area contributed by atoms with E-state index in [1.165, 1.54) is 0 Å². The molecule has 1 heterocycles. The summed E-state index contributed by atoms with van der Waals surface area (Å²) in [7, 11) is 0. The van der Waals surface area contributed by atoms with E-state index < -0.39 is 6.04 Å². The summed E-state index contributed by atoms with van der Waals surface area (Å²) in [5.41, 5.74) is 5.89. The molecule has 1 fully saturated rings. The molecule has 1 aliphatic rings. The Morgan fingerprint density at radius 1 is 1.39 bits per heavy atom. The first kappa shape index (κ1) is 15.0. The second-order valence-corrected chi connectivity index (χ2v) is 6.22. The van der Waals surface area contributed by atoms with Gasteiger partial charge in [-0.05, 0) is 17.8 Å². The largest absolute Gasteiger partial charge is 0.346 e. The van der Waals surface area contributed by atoms with Crippen molar-refractivity contribution in [3.8, 4) is 0 Å². The molecule has 0 unspecified atom stereocenters. The number of amides is 2. The van der Waals surface area contributed by atoms with E-state index in [0.29, 0.717) is 0 Å². The fraction of sp³-hybridized carbons (Fsp3) is 0.846. The SMILES string of the molecule is CC(C)[C@H](N)C(=O)NCC(=O)N1CCC(C)(C)C1. The van der Waals surface area contributed by atoms with Gasteiger partial charge in [-0.3, -0.25) is 9.59 Å². The molecule has 0 aromatic carbocycles. The van der Waals surface area contributed by atoms with Crippen LogP contribution in [0.15, 0.2) is 0 Å². The number of carbonyl (C=O) groups excluding carboxylic acids is 2. The van der Waals surface area contributed by atoms with Crippen LogP contribution in [0, 0.1) is 11.3 Å². The lowest BCUT2D eigenvalue weighted by Crippen LogP contribution is -2.47. The minimum atomic E-state index is -0.548. The van der Waals surface area contributed by atoms with Crippen LogP contribution in [0.4, 0.5) is 0 Å². The molecule has 0 aromatic rings. The third-order valence-corrected chi connectivity index (χ3v) is 3.46. The normalized spacial score (nSPS) is 20.0. The van der Waals surface area contributed by atoms with E-state index in [9.17, 15) is 9.59 Å². The fourth-order valence-corrected chi connectivity index (χ4v) is 2.02. The molecule has 104 valence electrons. The van der Waals surface area contributed by atoms with Crippen molar-refractivity contribution < 1.29 is 9.59 Å². The molecule has 0 saturated carbocycles. The molecule has 1 saturated heterocycles. The number of nitrogens with one attached hydrogen (secondary N) is 1. The van der Waals surface area contributed by atoms with E-state index in [2.05, 4.69) is 19.2 Å². The predicted octanol–water partition coefficient (Wildman–Crippen LogP) is 0.344. The van der Waals surface area contributed by atoms with Crippen LogP contribution >= 0.6 is 0 Å². The van der Waals surface area contributed by atoms with Crippen LogP contribution in [0.1, 0.15) is 34.1 Å². The van der Waals surface area contributed by atoms with Crippen molar-refractivity contribution in [3.63, 3.8) is 0 Å². The lowest BCUT2D eigenvalue weighted by Gasteiger charge is -2.21. The van der Waals surface area contributed by atoms with Crippen molar-refractivity contribution in [2.24, 2.45) is 17.1 Å². The van der Waals surface area contributed by atoms with Gasteiger partial charge in [0, 0.05) is 13.1 Å². The Balaban J connectivity index is 2.36. The summed E-state index contributed by atoms with van der Waals surface area (Å²) in [5, 5.41) is 2.61. The van der Waals surface area contributed by atoms with Gasteiger partial charge in [0.15, 0.2) is 0 Å². The van der Waals surface area contributed by atoms with Gasteiger partial charge in [-0.15, -0.1) is 0 Å². The average molecular weight is 255 g/mol. The van der Waals surface area contributed by atoms with E-state index >= 15 is 0 Å². The van der Waals surface area contributed by atoms with Gasteiger partial charge in [-0.1, -0.05) is 27.7 Å². The van der Waals surface area contributed by atoms with Gasteiger partial charge in [-0.25, -0.2) is 0 Å². The quantitative estimate of drug-likeness (QED) is 0.761. The zero-order valence-electron chi connectivity index (χ0n) is 11.8. The molecular formula is C13H25N3O2. The molecule has 0 aliphatic carbocycles. The molecule has 5 heteroatoms. The van der Waals surface area contributed by atoms with Crippen LogP contribution in [0.5, 0.6) is 0 Å². The Morgan fingerprint density at radius 2 is 2.00 bits per heavy atom. The maximum atomic E-state index is 11.9. The van der Waals surface area contributed by atoms with Crippen LogP contribution in [-0.2, 0) is 9.59 Å². The first-order chi connectivity index (χ1) is 8.23. The summed E-state index contributed by atoms with van der Waals surface area (Å²) in [6, 6.07) is -0.548. The first-order valence-corrected chi connectivity index (χ1v) is 6.54.